The molecule has 10 heteroatoms. The van der Waals surface area contributed by atoms with Crippen molar-refractivity contribution in [1.29, 1.82) is 0 Å². The highest BCUT2D eigenvalue weighted by atomic mass is 35.5. The average Bonchev–Trinajstić information content (AvgIpc) is 2.87. The number of aryl methyl sites for hydroxylation is 1. The molecule has 3 aromatic rings. The number of nitrogens with one attached hydrogen (secondary N) is 1. The topological polar surface area (TPSA) is 86.8 Å². The van der Waals surface area contributed by atoms with Crippen molar-refractivity contribution in [1.82, 2.24) is 10.2 Å². The molecule has 2 amide bonds. The third-order valence-corrected chi connectivity index (χ3v) is 8.16. The molecule has 0 aliphatic rings. The van der Waals surface area contributed by atoms with E-state index >= 15 is 0 Å². The summed E-state index contributed by atoms with van der Waals surface area (Å²) in [6, 6.07) is 18.5. The number of halogens is 2. The van der Waals surface area contributed by atoms with Crippen LogP contribution in [0.2, 0.25) is 10.0 Å². The van der Waals surface area contributed by atoms with E-state index in [2.05, 4.69) is 5.32 Å². The van der Waals surface area contributed by atoms with Gasteiger partial charge in [-0.3, -0.25) is 13.9 Å². The summed E-state index contributed by atoms with van der Waals surface area (Å²) < 4.78 is 28.6. The Balaban J connectivity index is 2.02. The molecule has 0 saturated heterocycles. The van der Waals surface area contributed by atoms with Gasteiger partial charge in [0.1, 0.15) is 12.6 Å². The Morgan fingerprint density at radius 2 is 1.37 bits per heavy atom. The molecule has 0 radical (unpaired) electrons. The van der Waals surface area contributed by atoms with E-state index in [1.807, 2.05) is 20.8 Å². The van der Waals surface area contributed by atoms with Crippen LogP contribution in [0.3, 0.4) is 0 Å². The van der Waals surface area contributed by atoms with E-state index in [1.54, 1.807) is 67.6 Å². The number of rotatable bonds is 10. The van der Waals surface area contributed by atoms with Crippen LogP contribution in [-0.2, 0) is 26.2 Å². The molecule has 1 N–H and O–H groups in total. The Kier molecular flexibility index (Phi) is 9.82. The van der Waals surface area contributed by atoms with Crippen molar-refractivity contribution in [2.24, 2.45) is 0 Å². The monoisotopic (exact) mass is 575 g/mol. The molecule has 0 heterocycles. The van der Waals surface area contributed by atoms with Gasteiger partial charge in [0.25, 0.3) is 10.0 Å². The Labute approximate surface area is 234 Å². The molecule has 0 fully saturated rings. The van der Waals surface area contributed by atoms with Gasteiger partial charge >= 0.3 is 0 Å². The molecule has 7 nitrogen and oxygen atoms in total. The summed E-state index contributed by atoms with van der Waals surface area (Å²) in [7, 11) is -4.13. The molecular weight excluding hydrogens is 545 g/mol. The van der Waals surface area contributed by atoms with Crippen LogP contribution in [0.15, 0.2) is 77.7 Å². The summed E-state index contributed by atoms with van der Waals surface area (Å²) in [5, 5.41) is 3.79. The van der Waals surface area contributed by atoms with E-state index in [1.165, 1.54) is 17.0 Å². The van der Waals surface area contributed by atoms with Crippen LogP contribution in [0.25, 0.3) is 0 Å². The van der Waals surface area contributed by atoms with Gasteiger partial charge in [-0.1, -0.05) is 53.0 Å². The highest BCUT2D eigenvalue weighted by molar-refractivity contribution is 7.92. The summed E-state index contributed by atoms with van der Waals surface area (Å²) in [5.41, 5.74) is 1.91. The molecule has 3 aromatic carbocycles. The third kappa shape index (κ3) is 7.49. The largest absolute Gasteiger partial charge is 0.352 e. The van der Waals surface area contributed by atoms with E-state index < -0.39 is 28.5 Å². The van der Waals surface area contributed by atoms with Crippen LogP contribution in [0.5, 0.6) is 0 Å². The molecule has 0 saturated carbocycles. The average molecular weight is 577 g/mol. The second kappa shape index (κ2) is 12.7. The minimum Gasteiger partial charge on any atom is -0.352 e. The smallest absolute Gasteiger partial charge is 0.264 e. The lowest BCUT2D eigenvalue weighted by Gasteiger charge is -2.32. The van der Waals surface area contributed by atoms with Crippen molar-refractivity contribution in [3.05, 3.63) is 94.0 Å². The summed E-state index contributed by atoms with van der Waals surface area (Å²) >= 11 is 12.1. The minimum atomic E-state index is -4.13. The normalized spacial score (nSPS) is 12.2. The molecule has 3 rings (SSSR count). The second-order valence-electron chi connectivity index (χ2n) is 9.29. The molecular formula is C28H31Cl2N3O4S. The molecule has 0 spiro atoms. The first-order valence-corrected chi connectivity index (χ1v) is 14.3. The maximum absolute atomic E-state index is 13.8. The number of carbonyl (C=O) groups excluding carboxylic acids is 2. The van der Waals surface area contributed by atoms with Gasteiger partial charge in [0.05, 0.1) is 10.6 Å². The van der Waals surface area contributed by atoms with Crippen molar-refractivity contribution in [2.45, 2.75) is 51.2 Å². The van der Waals surface area contributed by atoms with Crippen LogP contribution < -0.4 is 9.62 Å². The first kappa shape index (κ1) is 29.5. The number of hydrogen-bond donors (Lipinski definition) is 1. The van der Waals surface area contributed by atoms with E-state index in [9.17, 15) is 18.0 Å². The van der Waals surface area contributed by atoms with Crippen molar-refractivity contribution < 1.29 is 18.0 Å². The van der Waals surface area contributed by atoms with E-state index in [0.717, 1.165) is 15.4 Å². The number of anilines is 1. The van der Waals surface area contributed by atoms with Crippen molar-refractivity contribution in [3.63, 3.8) is 0 Å². The Morgan fingerprint density at radius 1 is 0.842 bits per heavy atom. The lowest BCUT2D eigenvalue weighted by atomic mass is 10.1. The van der Waals surface area contributed by atoms with Gasteiger partial charge in [-0.2, -0.15) is 0 Å². The highest BCUT2D eigenvalue weighted by Crippen LogP contribution is 2.26. The Morgan fingerprint density at radius 3 is 1.89 bits per heavy atom. The van der Waals surface area contributed by atoms with Gasteiger partial charge in [0.2, 0.25) is 11.8 Å². The molecule has 1 atom stereocenters. The molecule has 0 unspecified atom stereocenters. The van der Waals surface area contributed by atoms with Gasteiger partial charge in [0, 0.05) is 22.6 Å². The van der Waals surface area contributed by atoms with Crippen LogP contribution in [-0.4, -0.2) is 43.8 Å². The molecule has 0 aliphatic carbocycles. The minimum absolute atomic E-state index is 0.0423. The number of hydrogen-bond acceptors (Lipinski definition) is 4. The summed E-state index contributed by atoms with van der Waals surface area (Å²) in [4.78, 5) is 28.1. The zero-order valence-corrected chi connectivity index (χ0v) is 24.0. The molecule has 0 bridgehead atoms. The first-order valence-electron chi connectivity index (χ1n) is 12.1. The van der Waals surface area contributed by atoms with Crippen LogP contribution in [0.4, 0.5) is 5.69 Å². The van der Waals surface area contributed by atoms with Crippen molar-refractivity contribution in [3.8, 4) is 0 Å². The Hall–Kier alpha value is -3.07. The van der Waals surface area contributed by atoms with E-state index in [-0.39, 0.29) is 29.1 Å². The lowest BCUT2D eigenvalue weighted by Crippen LogP contribution is -2.52. The number of carbonyl (C=O) groups is 2. The number of benzene rings is 3. The third-order valence-electron chi connectivity index (χ3n) is 5.87. The summed E-state index contributed by atoms with van der Waals surface area (Å²) in [6.45, 7) is 6.69. The lowest BCUT2D eigenvalue weighted by molar-refractivity contribution is -0.139. The predicted molar refractivity (Wildman–Crippen MR) is 152 cm³/mol. The number of nitrogens with zero attached hydrogens (tertiary/aromatic N) is 2. The fourth-order valence-electron chi connectivity index (χ4n) is 3.75. The predicted octanol–water partition coefficient (Wildman–Crippen LogP) is 5.44. The fraction of sp³-hybridized carbons (Fsp3) is 0.286. The molecule has 0 aromatic heterocycles. The SMILES string of the molecule is Cc1ccc(S(=O)(=O)N(CC(=O)N(Cc2ccc(Cl)cc2)[C@@H](C)C(=O)NC(C)C)c2ccc(Cl)cc2)cc1. The van der Waals surface area contributed by atoms with Crippen LogP contribution in [0, 0.1) is 6.92 Å². The number of amides is 2. The maximum Gasteiger partial charge on any atom is 0.264 e. The highest BCUT2D eigenvalue weighted by Gasteiger charge is 2.32. The van der Waals surface area contributed by atoms with Gasteiger partial charge < -0.3 is 10.2 Å². The van der Waals surface area contributed by atoms with E-state index in [4.69, 9.17) is 23.2 Å². The summed E-state index contributed by atoms with van der Waals surface area (Å²) in [5.74, 6) is -0.890. The molecule has 0 aliphatic heterocycles. The molecule has 38 heavy (non-hydrogen) atoms. The standard InChI is InChI=1S/C28H31Cl2N3O4S/c1-19(2)31-28(35)21(4)32(17-22-7-9-23(29)10-8-22)27(34)18-33(25-13-11-24(30)12-14-25)38(36,37)26-15-5-20(3)6-16-26/h5-16,19,21H,17-18H2,1-4H3,(H,31,35)/t21-/m0/s1. The first-order chi connectivity index (χ1) is 17.9. The van der Waals surface area contributed by atoms with Gasteiger partial charge in [0.15, 0.2) is 0 Å². The van der Waals surface area contributed by atoms with Crippen LogP contribution in [0.1, 0.15) is 31.9 Å². The fourth-order valence-corrected chi connectivity index (χ4v) is 5.41. The van der Waals surface area contributed by atoms with Gasteiger partial charge in [-0.05, 0) is 81.8 Å². The van der Waals surface area contributed by atoms with Gasteiger partial charge in [-0.25, -0.2) is 8.42 Å². The molecule has 202 valence electrons. The van der Waals surface area contributed by atoms with Crippen molar-refractivity contribution >= 4 is 50.7 Å². The Bertz CT molecular complexity index is 1360. The number of sulfonamides is 1. The summed E-state index contributed by atoms with van der Waals surface area (Å²) in [6.07, 6.45) is 0. The van der Waals surface area contributed by atoms with Crippen molar-refractivity contribution in [2.75, 3.05) is 10.8 Å². The quantitative estimate of drug-likeness (QED) is 0.348. The van der Waals surface area contributed by atoms with Crippen LogP contribution >= 0.6 is 23.2 Å². The zero-order valence-electron chi connectivity index (χ0n) is 21.7. The second-order valence-corrected chi connectivity index (χ2v) is 12.0. The van der Waals surface area contributed by atoms with E-state index in [0.29, 0.717) is 10.0 Å². The van der Waals surface area contributed by atoms with Gasteiger partial charge in [-0.15, -0.1) is 0 Å². The maximum atomic E-state index is 13.8. The zero-order chi connectivity index (χ0) is 28.0.